The fourth-order valence-corrected chi connectivity index (χ4v) is 2.42. The highest BCUT2D eigenvalue weighted by molar-refractivity contribution is 14.1. The van der Waals surface area contributed by atoms with E-state index in [4.69, 9.17) is 5.73 Å². The van der Waals surface area contributed by atoms with Gasteiger partial charge in [0.05, 0.1) is 0 Å². The number of likely N-dealkylation sites (N-methyl/N-ethyl adjacent to an activating group) is 1. The average molecular weight is 315 g/mol. The molecule has 1 atom stereocenters. The topological polar surface area (TPSA) is 58.7 Å². The lowest BCUT2D eigenvalue weighted by Gasteiger charge is -2.18. The summed E-state index contributed by atoms with van der Waals surface area (Å²) >= 11 is 2.03. The van der Waals surface area contributed by atoms with Crippen molar-refractivity contribution in [3.05, 3.63) is 35.9 Å². The van der Waals surface area contributed by atoms with Crippen LogP contribution in [-0.4, -0.2) is 23.8 Å². The van der Waals surface area contributed by atoms with E-state index in [1.807, 2.05) is 52.9 Å². The Kier molecular flexibility index (Phi) is 2.41. The van der Waals surface area contributed by atoms with Crippen molar-refractivity contribution in [1.82, 2.24) is 4.90 Å². The van der Waals surface area contributed by atoms with Gasteiger partial charge in [0, 0.05) is 7.05 Å². The lowest BCUT2D eigenvalue weighted by atomic mass is 10.1. The number of nitrogens with two attached hydrogens (primary N) is 1. The number of hydrogen-bond acceptors (Lipinski definition) is 3. The fraction of sp³-hybridized carbons (Fsp3) is 0.200. The molecule has 0 bridgehead atoms. The smallest absolute Gasteiger partial charge is 0.271 e. The van der Waals surface area contributed by atoms with Crippen molar-refractivity contribution in [1.29, 1.82) is 0 Å². The van der Waals surface area contributed by atoms with E-state index in [9.17, 15) is 4.79 Å². The maximum atomic E-state index is 12.0. The zero-order valence-corrected chi connectivity index (χ0v) is 10.3. The van der Waals surface area contributed by atoms with Crippen LogP contribution in [0.2, 0.25) is 0 Å². The molecule has 15 heavy (non-hydrogen) atoms. The van der Waals surface area contributed by atoms with Gasteiger partial charge in [0.1, 0.15) is 0 Å². The number of nitrogens with zero attached hydrogens (tertiary/aromatic N) is 2. The van der Waals surface area contributed by atoms with Gasteiger partial charge in [-0.15, -0.1) is 0 Å². The second-order valence-electron chi connectivity index (χ2n) is 3.32. The summed E-state index contributed by atoms with van der Waals surface area (Å²) in [5.41, 5.74) is 6.48. The number of halogens is 1. The Morgan fingerprint density at radius 2 is 2.00 bits per heavy atom. The van der Waals surface area contributed by atoms with E-state index in [-0.39, 0.29) is 11.9 Å². The molecule has 4 nitrogen and oxygen atoms in total. The predicted molar refractivity (Wildman–Crippen MR) is 66.5 cm³/mol. The van der Waals surface area contributed by atoms with Crippen LogP contribution in [0.4, 0.5) is 0 Å². The molecule has 2 N–H and O–H groups in total. The summed E-state index contributed by atoms with van der Waals surface area (Å²) in [4.78, 5) is 17.5. The Morgan fingerprint density at radius 1 is 1.40 bits per heavy atom. The molecule has 0 aliphatic carbocycles. The van der Waals surface area contributed by atoms with Crippen LogP contribution in [0, 0.1) is 0 Å². The molecule has 0 spiro atoms. The third-order valence-electron chi connectivity index (χ3n) is 2.36. The van der Waals surface area contributed by atoms with Gasteiger partial charge in [0.15, 0.2) is 5.96 Å². The quantitative estimate of drug-likeness (QED) is 0.479. The molecule has 1 aromatic rings. The zero-order valence-electron chi connectivity index (χ0n) is 8.14. The van der Waals surface area contributed by atoms with E-state index in [1.54, 1.807) is 7.05 Å². The van der Waals surface area contributed by atoms with Gasteiger partial charge in [-0.1, -0.05) is 30.3 Å². The Labute approximate surface area is 101 Å². The number of hydrogen-bond donors (Lipinski definition) is 1. The van der Waals surface area contributed by atoms with Crippen molar-refractivity contribution >= 4 is 34.5 Å². The first-order valence-corrected chi connectivity index (χ1v) is 5.51. The molecule has 0 aromatic heterocycles. The molecule has 1 amide bonds. The van der Waals surface area contributed by atoms with Gasteiger partial charge in [-0.05, 0) is 28.2 Å². The summed E-state index contributed by atoms with van der Waals surface area (Å²) in [5.74, 6) is 0.157. The van der Waals surface area contributed by atoms with Crippen LogP contribution in [0.3, 0.4) is 0 Å². The first-order valence-electron chi connectivity index (χ1n) is 4.43. The van der Waals surface area contributed by atoms with Gasteiger partial charge in [-0.3, -0.25) is 9.69 Å². The third kappa shape index (κ3) is 1.50. The van der Waals surface area contributed by atoms with E-state index in [0.717, 1.165) is 5.56 Å². The third-order valence-corrected chi connectivity index (χ3v) is 3.68. The van der Waals surface area contributed by atoms with Gasteiger partial charge in [0.25, 0.3) is 5.91 Å². The molecule has 1 aliphatic rings. The van der Waals surface area contributed by atoms with E-state index in [0.29, 0.717) is 0 Å². The molecule has 0 unspecified atom stereocenters. The first-order chi connectivity index (χ1) is 7.05. The largest absolute Gasteiger partial charge is 0.369 e. The number of aliphatic imine (C=N–C) groups is 1. The summed E-state index contributed by atoms with van der Waals surface area (Å²) < 4.78 is -0.891. The maximum Gasteiger partial charge on any atom is 0.271 e. The summed E-state index contributed by atoms with van der Waals surface area (Å²) in [5, 5.41) is 0. The van der Waals surface area contributed by atoms with Crippen molar-refractivity contribution in [2.24, 2.45) is 10.7 Å². The molecule has 78 valence electrons. The highest BCUT2D eigenvalue weighted by Gasteiger charge is 2.45. The van der Waals surface area contributed by atoms with Crippen LogP contribution in [0.1, 0.15) is 5.56 Å². The van der Waals surface area contributed by atoms with Gasteiger partial charge in [-0.25, -0.2) is 4.99 Å². The Morgan fingerprint density at radius 3 is 2.47 bits per heavy atom. The highest BCUT2D eigenvalue weighted by Crippen LogP contribution is 2.38. The minimum atomic E-state index is -0.891. The maximum absolute atomic E-state index is 12.0. The van der Waals surface area contributed by atoms with Crippen LogP contribution in [0.15, 0.2) is 35.3 Å². The average Bonchev–Trinajstić information content (AvgIpc) is 2.45. The van der Waals surface area contributed by atoms with Crippen molar-refractivity contribution in [3.8, 4) is 0 Å². The van der Waals surface area contributed by atoms with Crippen molar-refractivity contribution in [2.75, 3.05) is 7.05 Å². The normalized spacial score (nSPS) is 25.6. The minimum absolute atomic E-state index is 0.105. The summed E-state index contributed by atoms with van der Waals surface area (Å²) in [6.07, 6.45) is 0. The van der Waals surface area contributed by atoms with Crippen molar-refractivity contribution in [3.63, 3.8) is 0 Å². The molecule has 0 fully saturated rings. The van der Waals surface area contributed by atoms with Gasteiger partial charge in [0.2, 0.25) is 3.55 Å². The molecule has 1 heterocycles. The molecule has 0 saturated heterocycles. The second-order valence-corrected chi connectivity index (χ2v) is 4.88. The lowest BCUT2D eigenvalue weighted by molar-refractivity contribution is -0.127. The number of benzene rings is 1. The Hall–Kier alpha value is -1.11. The number of guanidine groups is 1. The second kappa shape index (κ2) is 3.48. The number of alkyl halides is 1. The van der Waals surface area contributed by atoms with E-state index < -0.39 is 3.55 Å². The van der Waals surface area contributed by atoms with Gasteiger partial charge >= 0.3 is 0 Å². The number of carbonyl (C=O) groups is 1. The Balaban J connectivity index is 2.50. The van der Waals surface area contributed by atoms with Crippen LogP contribution >= 0.6 is 22.6 Å². The van der Waals surface area contributed by atoms with Crippen molar-refractivity contribution < 1.29 is 4.79 Å². The van der Waals surface area contributed by atoms with Crippen molar-refractivity contribution in [2.45, 2.75) is 3.55 Å². The summed E-state index contributed by atoms with van der Waals surface area (Å²) in [7, 11) is 1.63. The van der Waals surface area contributed by atoms with E-state index in [1.165, 1.54) is 4.90 Å². The van der Waals surface area contributed by atoms with Gasteiger partial charge in [-0.2, -0.15) is 0 Å². The predicted octanol–water partition coefficient (Wildman–Crippen LogP) is 1.06. The standard InChI is InChI=1S/C10H10IN3O/c1-14-8(15)10(11,13-9(14)12)7-5-3-2-4-6-7/h2-6H,1H3,(H2,12,13)/t10-/m1/s1. The van der Waals surface area contributed by atoms with Crippen LogP contribution in [-0.2, 0) is 8.34 Å². The number of carbonyl (C=O) groups excluding carboxylic acids is 1. The van der Waals surface area contributed by atoms with Crippen LogP contribution in [0.5, 0.6) is 0 Å². The van der Waals surface area contributed by atoms with Gasteiger partial charge < -0.3 is 5.73 Å². The molecule has 0 saturated carbocycles. The molecule has 0 radical (unpaired) electrons. The summed E-state index contributed by atoms with van der Waals surface area (Å²) in [6.45, 7) is 0. The van der Waals surface area contributed by atoms with Crippen LogP contribution in [0.25, 0.3) is 0 Å². The highest BCUT2D eigenvalue weighted by atomic mass is 127. The van der Waals surface area contributed by atoms with E-state index in [2.05, 4.69) is 4.99 Å². The monoisotopic (exact) mass is 315 g/mol. The Bertz CT molecular complexity index is 432. The molecular formula is C10H10IN3O. The molecule has 1 aliphatic heterocycles. The molecular weight excluding hydrogens is 305 g/mol. The minimum Gasteiger partial charge on any atom is -0.369 e. The van der Waals surface area contributed by atoms with E-state index >= 15 is 0 Å². The fourth-order valence-electron chi connectivity index (χ4n) is 1.45. The van der Waals surface area contributed by atoms with Crippen LogP contribution < -0.4 is 5.73 Å². The molecule has 1 aromatic carbocycles. The summed E-state index contributed by atoms with van der Waals surface area (Å²) in [6, 6.07) is 9.42. The number of amides is 1. The zero-order chi connectivity index (χ0) is 11.1. The lowest BCUT2D eigenvalue weighted by Crippen LogP contribution is -2.37. The number of rotatable bonds is 1. The SMILES string of the molecule is CN1C(=O)[C@@](I)(c2ccccc2)N=C1N. The first kappa shape index (κ1) is 10.4. The molecule has 2 rings (SSSR count). The molecule has 5 heteroatoms.